The molecule has 23 heavy (non-hydrogen) atoms. The Morgan fingerprint density at radius 3 is 2.22 bits per heavy atom. The molecule has 0 spiro atoms. The van der Waals surface area contributed by atoms with Crippen molar-refractivity contribution in [1.29, 1.82) is 0 Å². The Balaban J connectivity index is 2.16. The summed E-state index contributed by atoms with van der Waals surface area (Å²) in [5.74, 6) is -0.721. The van der Waals surface area contributed by atoms with E-state index < -0.39 is 5.97 Å². The summed E-state index contributed by atoms with van der Waals surface area (Å²) in [4.78, 5) is 25.2. The molecule has 0 atom stereocenters. The van der Waals surface area contributed by atoms with Crippen LogP contribution in [0.15, 0.2) is 48.5 Å². The molecule has 4 heteroatoms. The van der Waals surface area contributed by atoms with Crippen LogP contribution < -0.4 is 4.90 Å². The predicted molar refractivity (Wildman–Crippen MR) is 91.0 cm³/mol. The fraction of sp³-hybridized carbons (Fsp3) is 0.263. The van der Waals surface area contributed by atoms with Gasteiger partial charge < -0.3 is 10.0 Å². The molecular formula is C19H21NO3. The lowest BCUT2D eigenvalue weighted by atomic mass is 10.0. The standard InChI is InChI=1S/C19H21NO3/c1-13(2)14-8-10-16(11-9-14)20(3)18(21)12-15-6-4-5-7-17(15)19(22)23/h4-11,13H,12H2,1-3H3,(H,22,23). The molecule has 0 aromatic heterocycles. The molecule has 2 aromatic rings. The molecule has 0 heterocycles. The van der Waals surface area contributed by atoms with Gasteiger partial charge in [0.05, 0.1) is 12.0 Å². The number of nitrogens with zero attached hydrogens (tertiary/aromatic N) is 1. The third kappa shape index (κ3) is 3.97. The zero-order valence-corrected chi connectivity index (χ0v) is 13.6. The molecule has 2 rings (SSSR count). The van der Waals surface area contributed by atoms with Crippen LogP contribution in [0.25, 0.3) is 0 Å². The molecule has 0 aliphatic heterocycles. The molecule has 0 aliphatic rings. The van der Waals surface area contributed by atoms with Crippen molar-refractivity contribution in [2.24, 2.45) is 0 Å². The Hall–Kier alpha value is -2.62. The van der Waals surface area contributed by atoms with E-state index in [1.54, 1.807) is 30.1 Å². The van der Waals surface area contributed by atoms with Crippen LogP contribution in [0.5, 0.6) is 0 Å². The van der Waals surface area contributed by atoms with Crippen molar-refractivity contribution >= 4 is 17.6 Å². The molecule has 0 saturated carbocycles. The first-order chi connectivity index (χ1) is 10.9. The first-order valence-electron chi connectivity index (χ1n) is 7.58. The second-order valence-corrected chi connectivity index (χ2v) is 5.84. The fourth-order valence-electron chi connectivity index (χ4n) is 2.39. The van der Waals surface area contributed by atoms with Gasteiger partial charge in [-0.15, -0.1) is 0 Å². The van der Waals surface area contributed by atoms with Crippen LogP contribution >= 0.6 is 0 Å². The number of benzene rings is 2. The van der Waals surface area contributed by atoms with E-state index in [0.717, 1.165) is 5.69 Å². The van der Waals surface area contributed by atoms with Crippen LogP contribution in [0.4, 0.5) is 5.69 Å². The van der Waals surface area contributed by atoms with Crippen LogP contribution in [-0.2, 0) is 11.2 Å². The molecule has 0 radical (unpaired) electrons. The zero-order valence-electron chi connectivity index (χ0n) is 13.6. The normalized spacial score (nSPS) is 10.6. The maximum Gasteiger partial charge on any atom is 0.335 e. The van der Waals surface area contributed by atoms with Gasteiger partial charge in [-0.05, 0) is 35.2 Å². The summed E-state index contributed by atoms with van der Waals surface area (Å²) in [5.41, 5.74) is 2.71. The number of amides is 1. The number of anilines is 1. The first-order valence-corrected chi connectivity index (χ1v) is 7.58. The Kier molecular flexibility index (Phi) is 5.16. The lowest BCUT2D eigenvalue weighted by Crippen LogP contribution is -2.28. The Labute approximate surface area is 136 Å². The van der Waals surface area contributed by atoms with Crippen molar-refractivity contribution in [1.82, 2.24) is 0 Å². The van der Waals surface area contributed by atoms with E-state index in [0.29, 0.717) is 11.5 Å². The Morgan fingerprint density at radius 2 is 1.65 bits per heavy atom. The number of hydrogen-bond donors (Lipinski definition) is 1. The van der Waals surface area contributed by atoms with Crippen LogP contribution in [0.2, 0.25) is 0 Å². The zero-order chi connectivity index (χ0) is 17.0. The number of carboxylic acids is 1. The van der Waals surface area contributed by atoms with E-state index in [-0.39, 0.29) is 17.9 Å². The van der Waals surface area contributed by atoms with Gasteiger partial charge in [0.1, 0.15) is 0 Å². The second-order valence-electron chi connectivity index (χ2n) is 5.84. The maximum atomic E-state index is 12.4. The lowest BCUT2D eigenvalue weighted by Gasteiger charge is -2.19. The SMILES string of the molecule is CC(C)c1ccc(N(C)C(=O)Cc2ccccc2C(=O)O)cc1. The molecular weight excluding hydrogens is 290 g/mol. The molecule has 0 bridgehead atoms. The van der Waals surface area contributed by atoms with Crippen LogP contribution in [-0.4, -0.2) is 24.0 Å². The van der Waals surface area contributed by atoms with Gasteiger partial charge in [-0.25, -0.2) is 4.79 Å². The Bertz CT molecular complexity index is 705. The van der Waals surface area contributed by atoms with E-state index in [2.05, 4.69) is 13.8 Å². The van der Waals surface area contributed by atoms with Crippen molar-refractivity contribution in [3.63, 3.8) is 0 Å². The first kappa shape index (κ1) is 16.7. The minimum Gasteiger partial charge on any atom is -0.478 e. The molecule has 1 N–H and O–H groups in total. The number of hydrogen-bond acceptors (Lipinski definition) is 2. The second kappa shape index (κ2) is 7.09. The van der Waals surface area contributed by atoms with Gasteiger partial charge in [-0.2, -0.15) is 0 Å². The number of carboxylic acid groups (broad SMARTS) is 1. The van der Waals surface area contributed by atoms with Gasteiger partial charge >= 0.3 is 5.97 Å². The van der Waals surface area contributed by atoms with E-state index in [1.165, 1.54) is 11.6 Å². The van der Waals surface area contributed by atoms with Crippen molar-refractivity contribution in [3.05, 3.63) is 65.2 Å². The Morgan fingerprint density at radius 1 is 1.04 bits per heavy atom. The summed E-state index contributed by atoms with van der Waals surface area (Å²) in [7, 11) is 1.70. The number of likely N-dealkylation sites (N-methyl/N-ethyl adjacent to an activating group) is 1. The minimum atomic E-state index is -1.02. The summed E-state index contributed by atoms with van der Waals surface area (Å²) >= 11 is 0. The third-order valence-corrected chi connectivity index (χ3v) is 3.91. The molecule has 0 saturated heterocycles. The quantitative estimate of drug-likeness (QED) is 0.915. The number of aromatic carboxylic acids is 1. The highest BCUT2D eigenvalue weighted by Gasteiger charge is 2.16. The molecule has 120 valence electrons. The van der Waals surface area contributed by atoms with Crippen molar-refractivity contribution in [2.75, 3.05) is 11.9 Å². The van der Waals surface area contributed by atoms with E-state index >= 15 is 0 Å². The molecule has 4 nitrogen and oxygen atoms in total. The van der Waals surface area contributed by atoms with Gasteiger partial charge in [0, 0.05) is 12.7 Å². The smallest absolute Gasteiger partial charge is 0.335 e. The highest BCUT2D eigenvalue weighted by molar-refractivity contribution is 5.97. The molecule has 0 aliphatic carbocycles. The summed E-state index contributed by atoms with van der Waals surface area (Å²) in [6.45, 7) is 4.24. The number of rotatable bonds is 5. The molecule has 0 fully saturated rings. The fourth-order valence-corrected chi connectivity index (χ4v) is 2.39. The monoisotopic (exact) mass is 311 g/mol. The highest BCUT2D eigenvalue weighted by atomic mass is 16.4. The molecule has 0 unspecified atom stereocenters. The van der Waals surface area contributed by atoms with Crippen LogP contribution in [0.3, 0.4) is 0 Å². The topological polar surface area (TPSA) is 57.6 Å². The summed E-state index contributed by atoms with van der Waals surface area (Å²) in [6.07, 6.45) is 0.0604. The largest absolute Gasteiger partial charge is 0.478 e. The van der Waals surface area contributed by atoms with Gasteiger partial charge in [0.2, 0.25) is 5.91 Å². The van der Waals surface area contributed by atoms with Gasteiger partial charge in [-0.1, -0.05) is 44.2 Å². The average Bonchev–Trinajstić information content (AvgIpc) is 2.54. The molecule has 1 amide bonds. The highest BCUT2D eigenvalue weighted by Crippen LogP contribution is 2.20. The van der Waals surface area contributed by atoms with Gasteiger partial charge in [-0.3, -0.25) is 4.79 Å². The lowest BCUT2D eigenvalue weighted by molar-refractivity contribution is -0.117. The van der Waals surface area contributed by atoms with Crippen LogP contribution in [0.1, 0.15) is 41.3 Å². The summed E-state index contributed by atoms with van der Waals surface area (Å²) in [5, 5.41) is 9.19. The average molecular weight is 311 g/mol. The van der Waals surface area contributed by atoms with Crippen molar-refractivity contribution in [3.8, 4) is 0 Å². The number of carbonyl (C=O) groups excluding carboxylic acids is 1. The summed E-state index contributed by atoms with van der Waals surface area (Å²) < 4.78 is 0. The molecule has 2 aromatic carbocycles. The third-order valence-electron chi connectivity index (χ3n) is 3.91. The van der Waals surface area contributed by atoms with Crippen molar-refractivity contribution < 1.29 is 14.7 Å². The van der Waals surface area contributed by atoms with Crippen molar-refractivity contribution in [2.45, 2.75) is 26.2 Å². The van der Waals surface area contributed by atoms with Gasteiger partial charge in [0.15, 0.2) is 0 Å². The minimum absolute atomic E-state index is 0.0604. The van der Waals surface area contributed by atoms with E-state index in [1.807, 2.05) is 24.3 Å². The predicted octanol–water partition coefficient (Wildman–Crippen LogP) is 3.71. The van der Waals surface area contributed by atoms with Crippen LogP contribution in [0, 0.1) is 0 Å². The summed E-state index contributed by atoms with van der Waals surface area (Å²) in [6, 6.07) is 14.4. The van der Waals surface area contributed by atoms with E-state index in [4.69, 9.17) is 0 Å². The number of carbonyl (C=O) groups is 2. The van der Waals surface area contributed by atoms with Gasteiger partial charge in [0.25, 0.3) is 0 Å². The van der Waals surface area contributed by atoms with E-state index in [9.17, 15) is 14.7 Å². The maximum absolute atomic E-state index is 12.4.